The molecule has 1 saturated carbocycles. The summed E-state index contributed by atoms with van der Waals surface area (Å²) in [7, 11) is 0. The minimum atomic E-state index is -0.305. The highest BCUT2D eigenvalue weighted by Crippen LogP contribution is 2.39. The molecule has 0 heterocycles. The lowest BCUT2D eigenvalue weighted by molar-refractivity contribution is 0.300. The molecule has 2 aromatic rings. The molecule has 146 valence electrons. The maximum absolute atomic E-state index is 14.7. The van der Waals surface area contributed by atoms with Crippen molar-refractivity contribution in [1.82, 2.24) is 0 Å². The van der Waals surface area contributed by atoms with Crippen LogP contribution in [0.5, 0.6) is 0 Å². The number of aryl methyl sites for hydroxylation is 1. The van der Waals surface area contributed by atoms with Gasteiger partial charge < -0.3 is 0 Å². The summed E-state index contributed by atoms with van der Waals surface area (Å²) in [6, 6.07) is 10.3. The monoisotopic (exact) mass is 374 g/mol. The number of unbranched alkanes of at least 4 members (excludes halogenated alkanes) is 2. The molecular formula is C24H29F3. The quantitative estimate of drug-likeness (QED) is 0.435. The van der Waals surface area contributed by atoms with E-state index in [1.165, 1.54) is 25.3 Å². The molecule has 2 aromatic carbocycles. The third-order valence-electron chi connectivity index (χ3n) is 6.04. The van der Waals surface area contributed by atoms with E-state index >= 15 is 0 Å². The lowest BCUT2D eigenvalue weighted by Crippen LogP contribution is -2.13. The summed E-state index contributed by atoms with van der Waals surface area (Å²) in [5.74, 6) is 0.566. The Morgan fingerprint density at radius 2 is 1.63 bits per heavy atom. The topological polar surface area (TPSA) is 0 Å². The van der Waals surface area contributed by atoms with Gasteiger partial charge >= 0.3 is 0 Å². The molecule has 0 atom stereocenters. The van der Waals surface area contributed by atoms with Gasteiger partial charge in [-0.25, -0.2) is 8.78 Å². The van der Waals surface area contributed by atoms with E-state index in [2.05, 4.69) is 0 Å². The number of halogens is 3. The van der Waals surface area contributed by atoms with Crippen molar-refractivity contribution in [3.8, 4) is 11.1 Å². The van der Waals surface area contributed by atoms with Crippen molar-refractivity contribution in [3.63, 3.8) is 0 Å². The van der Waals surface area contributed by atoms with Crippen LogP contribution in [0.15, 0.2) is 36.4 Å². The molecule has 0 unspecified atom stereocenters. The maximum Gasteiger partial charge on any atom is 0.131 e. The van der Waals surface area contributed by atoms with Crippen LogP contribution in [-0.4, -0.2) is 6.67 Å². The van der Waals surface area contributed by atoms with E-state index in [1.54, 1.807) is 31.2 Å². The molecule has 1 aliphatic rings. The summed E-state index contributed by atoms with van der Waals surface area (Å²) in [5.41, 5.74) is 2.66. The predicted octanol–water partition coefficient (Wildman–Crippen LogP) is 7.74. The van der Waals surface area contributed by atoms with Crippen LogP contribution in [0.3, 0.4) is 0 Å². The Balaban J connectivity index is 1.60. The Labute approximate surface area is 160 Å². The standard InChI is InChI=1S/C24H29F3/c1-17-6-9-21(16-23(17)26)22-13-12-20(15-24(22)27)19-10-7-18(8-11-19)5-3-2-4-14-25/h6,9,12-13,15-16,18-19H,2-5,7-8,10-11,14H2,1H3. The fraction of sp³-hybridized carbons (Fsp3) is 0.500. The molecule has 27 heavy (non-hydrogen) atoms. The SMILES string of the molecule is Cc1ccc(-c2ccc(C3CCC(CCCCCF)CC3)cc2F)cc1F. The first kappa shape index (κ1) is 20.0. The van der Waals surface area contributed by atoms with Gasteiger partial charge in [0.2, 0.25) is 0 Å². The fourth-order valence-electron chi connectivity index (χ4n) is 4.27. The van der Waals surface area contributed by atoms with Crippen molar-refractivity contribution in [2.45, 2.75) is 64.2 Å². The lowest BCUT2D eigenvalue weighted by Gasteiger charge is -2.29. The predicted molar refractivity (Wildman–Crippen MR) is 106 cm³/mol. The molecule has 3 heteroatoms. The first-order valence-corrected chi connectivity index (χ1v) is 10.2. The van der Waals surface area contributed by atoms with Crippen LogP contribution in [-0.2, 0) is 0 Å². The molecule has 0 saturated heterocycles. The highest BCUT2D eigenvalue weighted by molar-refractivity contribution is 5.65. The number of hydrogen-bond donors (Lipinski definition) is 0. The highest BCUT2D eigenvalue weighted by Gasteiger charge is 2.23. The average Bonchev–Trinajstić information content (AvgIpc) is 2.68. The molecule has 0 spiro atoms. The third-order valence-corrected chi connectivity index (χ3v) is 6.04. The Morgan fingerprint density at radius 1 is 0.852 bits per heavy atom. The Bertz CT molecular complexity index is 745. The van der Waals surface area contributed by atoms with Gasteiger partial charge in [0, 0.05) is 5.56 Å². The number of benzene rings is 2. The third kappa shape index (κ3) is 5.15. The van der Waals surface area contributed by atoms with E-state index in [9.17, 15) is 13.2 Å². The minimum absolute atomic E-state index is 0.205. The second-order valence-corrected chi connectivity index (χ2v) is 7.96. The number of hydrogen-bond acceptors (Lipinski definition) is 0. The molecule has 3 rings (SSSR count). The van der Waals surface area contributed by atoms with Gasteiger partial charge in [-0.3, -0.25) is 4.39 Å². The van der Waals surface area contributed by atoms with Gasteiger partial charge in [-0.15, -0.1) is 0 Å². The van der Waals surface area contributed by atoms with E-state index in [4.69, 9.17) is 0 Å². The molecular weight excluding hydrogens is 345 g/mol. The Hall–Kier alpha value is -1.77. The van der Waals surface area contributed by atoms with Crippen LogP contribution in [0.4, 0.5) is 13.2 Å². The van der Waals surface area contributed by atoms with Crippen molar-refractivity contribution in [2.75, 3.05) is 6.67 Å². The summed E-state index contributed by atoms with van der Waals surface area (Å²) >= 11 is 0. The van der Waals surface area contributed by atoms with E-state index < -0.39 is 0 Å². The zero-order chi connectivity index (χ0) is 19.2. The molecule has 0 aromatic heterocycles. The molecule has 0 radical (unpaired) electrons. The van der Waals surface area contributed by atoms with Crippen LogP contribution < -0.4 is 0 Å². The van der Waals surface area contributed by atoms with Gasteiger partial charge in [-0.1, -0.05) is 43.5 Å². The molecule has 0 N–H and O–H groups in total. The van der Waals surface area contributed by atoms with Gasteiger partial charge in [-0.05, 0) is 79.7 Å². The second-order valence-electron chi connectivity index (χ2n) is 7.96. The maximum atomic E-state index is 14.7. The summed E-state index contributed by atoms with van der Waals surface area (Å²) in [6.07, 6.45) is 8.51. The van der Waals surface area contributed by atoms with Crippen LogP contribution >= 0.6 is 0 Å². The Morgan fingerprint density at radius 3 is 2.30 bits per heavy atom. The average molecular weight is 374 g/mol. The lowest BCUT2D eigenvalue weighted by atomic mass is 9.77. The fourth-order valence-corrected chi connectivity index (χ4v) is 4.27. The van der Waals surface area contributed by atoms with Crippen molar-refractivity contribution < 1.29 is 13.2 Å². The molecule has 0 nitrogen and oxygen atoms in total. The van der Waals surface area contributed by atoms with Gasteiger partial charge in [0.15, 0.2) is 0 Å². The molecule has 0 aliphatic heterocycles. The van der Waals surface area contributed by atoms with Crippen LogP contribution in [0, 0.1) is 24.5 Å². The number of alkyl halides is 1. The summed E-state index contributed by atoms with van der Waals surface area (Å²) in [6.45, 7) is 1.50. The van der Waals surface area contributed by atoms with Gasteiger partial charge in [0.05, 0.1) is 6.67 Å². The normalized spacial score (nSPS) is 20.0. The van der Waals surface area contributed by atoms with E-state index in [0.29, 0.717) is 29.0 Å². The zero-order valence-corrected chi connectivity index (χ0v) is 16.1. The van der Waals surface area contributed by atoms with Crippen LogP contribution in [0.1, 0.15) is 68.4 Å². The van der Waals surface area contributed by atoms with E-state index in [0.717, 1.165) is 37.2 Å². The van der Waals surface area contributed by atoms with E-state index in [-0.39, 0.29) is 18.3 Å². The molecule has 0 bridgehead atoms. The molecule has 1 aliphatic carbocycles. The summed E-state index contributed by atoms with van der Waals surface area (Å²) < 4.78 is 40.6. The second kappa shape index (κ2) is 9.43. The summed E-state index contributed by atoms with van der Waals surface area (Å²) in [5, 5.41) is 0. The van der Waals surface area contributed by atoms with Crippen LogP contribution in [0.2, 0.25) is 0 Å². The highest BCUT2D eigenvalue weighted by atomic mass is 19.1. The largest absolute Gasteiger partial charge is 0.251 e. The van der Waals surface area contributed by atoms with Gasteiger partial charge in [0.25, 0.3) is 0 Å². The van der Waals surface area contributed by atoms with Gasteiger partial charge in [0.1, 0.15) is 11.6 Å². The smallest absolute Gasteiger partial charge is 0.131 e. The van der Waals surface area contributed by atoms with E-state index in [1.807, 2.05) is 6.07 Å². The van der Waals surface area contributed by atoms with Crippen LogP contribution in [0.25, 0.3) is 11.1 Å². The summed E-state index contributed by atoms with van der Waals surface area (Å²) in [4.78, 5) is 0. The minimum Gasteiger partial charge on any atom is -0.251 e. The number of rotatable bonds is 7. The first-order valence-electron chi connectivity index (χ1n) is 10.2. The van der Waals surface area contributed by atoms with Gasteiger partial charge in [-0.2, -0.15) is 0 Å². The van der Waals surface area contributed by atoms with Crippen molar-refractivity contribution >= 4 is 0 Å². The zero-order valence-electron chi connectivity index (χ0n) is 16.1. The first-order chi connectivity index (χ1) is 13.1. The van der Waals surface area contributed by atoms with Crippen molar-refractivity contribution in [3.05, 3.63) is 59.2 Å². The molecule has 0 amide bonds. The van der Waals surface area contributed by atoms with Crippen molar-refractivity contribution in [1.29, 1.82) is 0 Å². The Kier molecular flexibility index (Phi) is 6.98. The molecule has 1 fully saturated rings. The van der Waals surface area contributed by atoms with Crippen molar-refractivity contribution in [2.24, 2.45) is 5.92 Å².